The SMILES string of the molecule is CCOC[C@@H]1CC[C@H]2[C@H](CCN2C(=O)Cc2cccs2)O1. The molecule has 5 heteroatoms. The Balaban J connectivity index is 1.55. The fraction of sp³-hybridized carbons (Fsp3) is 0.688. The van der Waals surface area contributed by atoms with E-state index >= 15 is 0 Å². The molecule has 0 aliphatic carbocycles. The van der Waals surface area contributed by atoms with E-state index in [0.717, 1.165) is 37.3 Å². The minimum absolute atomic E-state index is 0.205. The molecular formula is C16H23NO3S. The maximum Gasteiger partial charge on any atom is 0.228 e. The van der Waals surface area contributed by atoms with Crippen LogP contribution in [-0.4, -0.2) is 48.8 Å². The molecule has 2 aliphatic heterocycles. The highest BCUT2D eigenvalue weighted by Gasteiger charge is 2.41. The predicted octanol–water partition coefficient (Wildman–Crippen LogP) is 2.48. The van der Waals surface area contributed by atoms with Crippen molar-refractivity contribution in [3.63, 3.8) is 0 Å². The summed E-state index contributed by atoms with van der Waals surface area (Å²) in [5.41, 5.74) is 0. The highest BCUT2D eigenvalue weighted by atomic mass is 32.1. The highest BCUT2D eigenvalue weighted by Crippen LogP contribution is 2.32. The van der Waals surface area contributed by atoms with Gasteiger partial charge in [-0.05, 0) is 37.6 Å². The minimum Gasteiger partial charge on any atom is -0.379 e. The Morgan fingerprint density at radius 1 is 1.48 bits per heavy atom. The van der Waals surface area contributed by atoms with Gasteiger partial charge in [-0.25, -0.2) is 0 Å². The van der Waals surface area contributed by atoms with E-state index in [1.807, 2.05) is 29.3 Å². The van der Waals surface area contributed by atoms with Gasteiger partial charge in [0.2, 0.25) is 5.91 Å². The summed E-state index contributed by atoms with van der Waals surface area (Å²) in [6, 6.07) is 4.31. The quantitative estimate of drug-likeness (QED) is 0.839. The first-order valence-electron chi connectivity index (χ1n) is 7.83. The number of carbonyl (C=O) groups excluding carboxylic acids is 1. The van der Waals surface area contributed by atoms with Crippen LogP contribution in [0.3, 0.4) is 0 Å². The van der Waals surface area contributed by atoms with Crippen molar-refractivity contribution >= 4 is 17.2 Å². The summed E-state index contributed by atoms with van der Waals surface area (Å²) in [7, 11) is 0. The topological polar surface area (TPSA) is 38.8 Å². The first-order chi connectivity index (χ1) is 10.3. The average Bonchev–Trinajstić information content (AvgIpc) is 3.13. The van der Waals surface area contributed by atoms with Crippen LogP contribution in [-0.2, 0) is 20.7 Å². The van der Waals surface area contributed by atoms with E-state index < -0.39 is 0 Å². The van der Waals surface area contributed by atoms with Crippen LogP contribution in [0.2, 0.25) is 0 Å². The molecule has 0 N–H and O–H groups in total. The zero-order valence-electron chi connectivity index (χ0n) is 12.5. The van der Waals surface area contributed by atoms with Crippen molar-refractivity contribution in [1.82, 2.24) is 4.90 Å². The molecule has 3 atom stereocenters. The molecule has 21 heavy (non-hydrogen) atoms. The zero-order valence-corrected chi connectivity index (χ0v) is 13.3. The number of thiophene rings is 1. The van der Waals surface area contributed by atoms with Crippen molar-refractivity contribution < 1.29 is 14.3 Å². The van der Waals surface area contributed by atoms with Crippen LogP contribution in [0.15, 0.2) is 17.5 Å². The number of hydrogen-bond acceptors (Lipinski definition) is 4. The van der Waals surface area contributed by atoms with Crippen LogP contribution in [0.25, 0.3) is 0 Å². The molecular weight excluding hydrogens is 286 g/mol. The molecule has 3 rings (SSSR count). The number of ether oxygens (including phenoxy) is 2. The Bertz CT molecular complexity index is 462. The molecule has 2 saturated heterocycles. The molecule has 3 heterocycles. The number of hydrogen-bond donors (Lipinski definition) is 0. The molecule has 1 aromatic heterocycles. The molecule has 1 amide bonds. The Labute approximate surface area is 130 Å². The first kappa shape index (κ1) is 15.0. The molecule has 2 aliphatic rings. The number of fused-ring (bicyclic) bond motifs is 1. The van der Waals surface area contributed by atoms with E-state index in [9.17, 15) is 4.79 Å². The Morgan fingerprint density at radius 3 is 3.14 bits per heavy atom. The van der Waals surface area contributed by atoms with E-state index in [1.165, 1.54) is 0 Å². The zero-order chi connectivity index (χ0) is 14.7. The van der Waals surface area contributed by atoms with Crippen molar-refractivity contribution in [1.29, 1.82) is 0 Å². The van der Waals surface area contributed by atoms with Gasteiger partial charge in [0.05, 0.1) is 31.3 Å². The van der Waals surface area contributed by atoms with Crippen LogP contribution in [0.5, 0.6) is 0 Å². The Morgan fingerprint density at radius 2 is 2.38 bits per heavy atom. The van der Waals surface area contributed by atoms with E-state index in [2.05, 4.69) is 0 Å². The Kier molecular flexibility index (Phi) is 4.93. The summed E-state index contributed by atoms with van der Waals surface area (Å²) in [6.07, 6.45) is 3.94. The van der Waals surface area contributed by atoms with Gasteiger partial charge in [-0.15, -0.1) is 11.3 Å². The second-order valence-corrected chi connectivity index (χ2v) is 6.76. The molecule has 0 unspecified atom stereocenters. The maximum absolute atomic E-state index is 12.5. The monoisotopic (exact) mass is 309 g/mol. The molecule has 1 aromatic rings. The lowest BCUT2D eigenvalue weighted by Crippen LogP contribution is -2.46. The largest absolute Gasteiger partial charge is 0.379 e. The van der Waals surface area contributed by atoms with Gasteiger partial charge in [0.15, 0.2) is 0 Å². The molecule has 116 valence electrons. The Hall–Kier alpha value is -0.910. The normalized spacial score (nSPS) is 28.6. The molecule has 0 saturated carbocycles. The highest BCUT2D eigenvalue weighted by molar-refractivity contribution is 7.10. The minimum atomic E-state index is 0.205. The van der Waals surface area contributed by atoms with Gasteiger partial charge in [0.1, 0.15) is 0 Å². The van der Waals surface area contributed by atoms with Crippen molar-refractivity contribution in [2.75, 3.05) is 19.8 Å². The smallest absolute Gasteiger partial charge is 0.228 e. The molecule has 0 aromatic carbocycles. The summed E-state index contributed by atoms with van der Waals surface area (Å²) >= 11 is 1.65. The van der Waals surface area contributed by atoms with Gasteiger partial charge in [-0.3, -0.25) is 4.79 Å². The van der Waals surface area contributed by atoms with Crippen LogP contribution >= 0.6 is 11.3 Å². The summed E-state index contributed by atoms with van der Waals surface area (Å²) in [4.78, 5) is 15.7. The van der Waals surface area contributed by atoms with Crippen LogP contribution in [0.1, 0.15) is 31.1 Å². The van der Waals surface area contributed by atoms with Gasteiger partial charge >= 0.3 is 0 Å². The van der Waals surface area contributed by atoms with Crippen molar-refractivity contribution in [2.24, 2.45) is 0 Å². The number of rotatable bonds is 5. The molecule has 0 bridgehead atoms. The second kappa shape index (κ2) is 6.90. The molecule has 0 spiro atoms. The summed E-state index contributed by atoms with van der Waals surface area (Å²) < 4.78 is 11.6. The third-order valence-corrected chi connectivity index (χ3v) is 5.25. The van der Waals surface area contributed by atoms with Crippen LogP contribution in [0.4, 0.5) is 0 Å². The average molecular weight is 309 g/mol. The van der Waals surface area contributed by atoms with Gasteiger partial charge in [-0.1, -0.05) is 6.07 Å². The van der Waals surface area contributed by atoms with Gasteiger partial charge in [0.25, 0.3) is 0 Å². The maximum atomic E-state index is 12.5. The van der Waals surface area contributed by atoms with Crippen LogP contribution in [0, 0.1) is 0 Å². The summed E-state index contributed by atoms with van der Waals surface area (Å²) in [5, 5.41) is 2.03. The number of carbonyl (C=O) groups is 1. The third-order valence-electron chi connectivity index (χ3n) is 4.37. The van der Waals surface area contributed by atoms with Gasteiger partial charge in [0, 0.05) is 18.0 Å². The number of nitrogens with zero attached hydrogens (tertiary/aromatic N) is 1. The number of likely N-dealkylation sites (tertiary alicyclic amines) is 1. The molecule has 4 nitrogen and oxygen atoms in total. The van der Waals surface area contributed by atoms with Crippen molar-refractivity contribution in [2.45, 2.75) is 50.9 Å². The van der Waals surface area contributed by atoms with E-state index in [0.29, 0.717) is 13.0 Å². The lowest BCUT2D eigenvalue weighted by Gasteiger charge is -2.35. The van der Waals surface area contributed by atoms with Crippen molar-refractivity contribution in [3.8, 4) is 0 Å². The number of amides is 1. The fourth-order valence-corrected chi connectivity index (χ4v) is 4.04. The lowest BCUT2D eigenvalue weighted by molar-refractivity contribution is -0.138. The van der Waals surface area contributed by atoms with E-state index in [1.54, 1.807) is 11.3 Å². The molecule has 0 radical (unpaired) electrons. The molecule has 2 fully saturated rings. The predicted molar refractivity (Wildman–Crippen MR) is 82.5 cm³/mol. The second-order valence-electron chi connectivity index (χ2n) is 5.73. The summed E-state index contributed by atoms with van der Waals surface area (Å²) in [6.45, 7) is 4.26. The first-order valence-corrected chi connectivity index (χ1v) is 8.71. The fourth-order valence-electron chi connectivity index (χ4n) is 3.34. The van der Waals surface area contributed by atoms with Crippen molar-refractivity contribution in [3.05, 3.63) is 22.4 Å². The third kappa shape index (κ3) is 3.47. The lowest BCUT2D eigenvalue weighted by atomic mass is 9.99. The van der Waals surface area contributed by atoms with E-state index in [4.69, 9.17) is 9.47 Å². The standard InChI is InChI=1S/C16H23NO3S/c1-2-19-11-12-5-6-14-15(20-12)7-8-17(14)16(18)10-13-4-3-9-21-13/h3-4,9,12,14-15H,2,5-8,10-11H2,1H3/t12-,14-,15-/m0/s1. The summed E-state index contributed by atoms with van der Waals surface area (Å²) in [5.74, 6) is 0.247. The van der Waals surface area contributed by atoms with E-state index in [-0.39, 0.29) is 24.2 Å². The van der Waals surface area contributed by atoms with Gasteiger partial charge < -0.3 is 14.4 Å². The van der Waals surface area contributed by atoms with Crippen LogP contribution < -0.4 is 0 Å². The van der Waals surface area contributed by atoms with Gasteiger partial charge in [-0.2, -0.15) is 0 Å².